The molecule has 0 aliphatic carbocycles. The van der Waals surface area contributed by atoms with E-state index in [1.807, 2.05) is 30.3 Å². The van der Waals surface area contributed by atoms with Crippen molar-refractivity contribution < 1.29 is 9.47 Å². The first-order chi connectivity index (χ1) is 7.31. The van der Waals surface area contributed by atoms with Gasteiger partial charge in [-0.2, -0.15) is 5.26 Å². The first-order valence-electron chi connectivity index (χ1n) is 4.57. The minimum absolute atomic E-state index is 0.389. The second kappa shape index (κ2) is 5.71. The number of ether oxygens (including phenoxy) is 2. The van der Waals surface area contributed by atoms with E-state index in [-0.39, 0.29) is 0 Å². The SMILES string of the molecule is COc1ccc(OC)c(C=CCC#N)c1. The monoisotopic (exact) mass is 203 g/mol. The van der Waals surface area contributed by atoms with E-state index in [1.165, 1.54) is 0 Å². The van der Waals surface area contributed by atoms with Crippen molar-refractivity contribution in [3.63, 3.8) is 0 Å². The fraction of sp³-hybridized carbons (Fsp3) is 0.250. The van der Waals surface area contributed by atoms with Crippen LogP contribution in [0.4, 0.5) is 0 Å². The van der Waals surface area contributed by atoms with Crippen molar-refractivity contribution in [2.24, 2.45) is 0 Å². The van der Waals surface area contributed by atoms with Crippen LogP contribution in [0.2, 0.25) is 0 Å². The standard InChI is InChI=1S/C12H13NO2/c1-14-11-6-7-12(15-2)10(9-11)5-3-4-8-13/h3,5-7,9H,4H2,1-2H3. The number of allylic oxidation sites excluding steroid dienone is 1. The molecule has 1 rings (SSSR count). The summed E-state index contributed by atoms with van der Waals surface area (Å²) in [6.45, 7) is 0. The van der Waals surface area contributed by atoms with Crippen molar-refractivity contribution >= 4 is 6.08 Å². The molecule has 3 nitrogen and oxygen atoms in total. The summed E-state index contributed by atoms with van der Waals surface area (Å²) in [5.74, 6) is 1.54. The molecule has 0 unspecified atom stereocenters. The van der Waals surface area contributed by atoms with Crippen LogP contribution < -0.4 is 9.47 Å². The van der Waals surface area contributed by atoms with Gasteiger partial charge < -0.3 is 9.47 Å². The van der Waals surface area contributed by atoms with E-state index < -0.39 is 0 Å². The molecule has 0 spiro atoms. The second-order valence-corrected chi connectivity index (χ2v) is 2.87. The Morgan fingerprint density at radius 2 is 2.13 bits per heavy atom. The van der Waals surface area contributed by atoms with Gasteiger partial charge in [0.05, 0.1) is 26.7 Å². The van der Waals surface area contributed by atoms with Crippen molar-refractivity contribution in [1.82, 2.24) is 0 Å². The van der Waals surface area contributed by atoms with Crippen molar-refractivity contribution in [1.29, 1.82) is 5.26 Å². The van der Waals surface area contributed by atoms with Gasteiger partial charge in [-0.05, 0) is 18.2 Å². The van der Waals surface area contributed by atoms with Gasteiger partial charge in [0.1, 0.15) is 11.5 Å². The molecule has 3 heteroatoms. The number of nitrogens with zero attached hydrogens (tertiary/aromatic N) is 1. The van der Waals surface area contributed by atoms with Gasteiger partial charge in [0, 0.05) is 5.56 Å². The molecule has 1 aromatic carbocycles. The van der Waals surface area contributed by atoms with E-state index in [4.69, 9.17) is 14.7 Å². The molecule has 0 aliphatic heterocycles. The lowest BCUT2D eigenvalue weighted by Gasteiger charge is -2.06. The Bertz CT molecular complexity index is 391. The third-order valence-electron chi connectivity index (χ3n) is 1.94. The Balaban J connectivity index is 2.96. The van der Waals surface area contributed by atoms with E-state index in [9.17, 15) is 0 Å². The van der Waals surface area contributed by atoms with Gasteiger partial charge in [0.15, 0.2) is 0 Å². The van der Waals surface area contributed by atoms with Crippen LogP contribution in [-0.2, 0) is 0 Å². The number of hydrogen-bond donors (Lipinski definition) is 0. The number of nitriles is 1. The summed E-state index contributed by atoms with van der Waals surface area (Å²) in [7, 11) is 3.23. The number of hydrogen-bond acceptors (Lipinski definition) is 3. The third kappa shape index (κ3) is 3.03. The van der Waals surface area contributed by atoms with Crippen LogP contribution >= 0.6 is 0 Å². The van der Waals surface area contributed by atoms with E-state index in [0.717, 1.165) is 17.1 Å². The second-order valence-electron chi connectivity index (χ2n) is 2.87. The van der Waals surface area contributed by atoms with Crippen LogP contribution in [0.3, 0.4) is 0 Å². The minimum atomic E-state index is 0.389. The van der Waals surface area contributed by atoms with Gasteiger partial charge in [-0.15, -0.1) is 0 Å². The molecule has 0 aliphatic rings. The maximum atomic E-state index is 8.41. The van der Waals surface area contributed by atoms with Gasteiger partial charge in [-0.3, -0.25) is 0 Å². The highest BCUT2D eigenvalue weighted by molar-refractivity contribution is 5.59. The van der Waals surface area contributed by atoms with Crippen LogP contribution in [0, 0.1) is 11.3 Å². The summed E-state index contributed by atoms with van der Waals surface area (Å²) >= 11 is 0. The lowest BCUT2D eigenvalue weighted by atomic mass is 10.1. The molecule has 0 heterocycles. The van der Waals surface area contributed by atoms with Gasteiger partial charge in [-0.1, -0.05) is 12.2 Å². The Hall–Kier alpha value is -1.95. The van der Waals surface area contributed by atoms with Crippen LogP contribution in [0.25, 0.3) is 6.08 Å². The lowest BCUT2D eigenvalue weighted by Crippen LogP contribution is -1.89. The Labute approximate surface area is 89.6 Å². The summed E-state index contributed by atoms with van der Waals surface area (Å²) in [6.07, 6.45) is 4.03. The maximum absolute atomic E-state index is 8.41. The topological polar surface area (TPSA) is 42.2 Å². The first kappa shape index (κ1) is 11.1. The van der Waals surface area contributed by atoms with Crippen LogP contribution in [0.5, 0.6) is 11.5 Å². The highest BCUT2D eigenvalue weighted by Crippen LogP contribution is 2.25. The van der Waals surface area contributed by atoms with Gasteiger partial charge >= 0.3 is 0 Å². The number of rotatable bonds is 4. The van der Waals surface area contributed by atoms with Crippen LogP contribution in [0.15, 0.2) is 24.3 Å². The van der Waals surface area contributed by atoms with E-state index in [0.29, 0.717) is 6.42 Å². The zero-order chi connectivity index (χ0) is 11.1. The largest absolute Gasteiger partial charge is 0.497 e. The van der Waals surface area contributed by atoms with Crippen LogP contribution in [0.1, 0.15) is 12.0 Å². The third-order valence-corrected chi connectivity index (χ3v) is 1.94. The first-order valence-corrected chi connectivity index (χ1v) is 4.57. The molecular weight excluding hydrogens is 190 g/mol. The minimum Gasteiger partial charge on any atom is -0.497 e. The van der Waals surface area contributed by atoms with Crippen LogP contribution in [-0.4, -0.2) is 14.2 Å². The highest BCUT2D eigenvalue weighted by atomic mass is 16.5. The van der Waals surface area contributed by atoms with Gasteiger partial charge in [0.25, 0.3) is 0 Å². The summed E-state index contributed by atoms with van der Waals surface area (Å²) in [5.41, 5.74) is 0.909. The average molecular weight is 203 g/mol. The maximum Gasteiger partial charge on any atom is 0.126 e. The number of benzene rings is 1. The van der Waals surface area contributed by atoms with E-state index in [1.54, 1.807) is 20.3 Å². The Morgan fingerprint density at radius 3 is 2.73 bits per heavy atom. The molecule has 0 bridgehead atoms. The van der Waals surface area contributed by atoms with Crippen molar-refractivity contribution in [3.8, 4) is 17.6 Å². The summed E-state index contributed by atoms with van der Waals surface area (Å²) in [6, 6.07) is 7.58. The lowest BCUT2D eigenvalue weighted by molar-refractivity contribution is 0.402. The molecule has 0 radical (unpaired) electrons. The van der Waals surface area contributed by atoms with E-state index >= 15 is 0 Å². The molecule has 0 fully saturated rings. The fourth-order valence-electron chi connectivity index (χ4n) is 1.21. The predicted octanol–water partition coefficient (Wildman–Crippen LogP) is 2.63. The quantitative estimate of drug-likeness (QED) is 0.755. The van der Waals surface area contributed by atoms with Gasteiger partial charge in [-0.25, -0.2) is 0 Å². The highest BCUT2D eigenvalue weighted by Gasteiger charge is 2.00. The zero-order valence-corrected chi connectivity index (χ0v) is 8.86. The summed E-state index contributed by atoms with van der Waals surface area (Å²) in [5, 5.41) is 8.41. The fourth-order valence-corrected chi connectivity index (χ4v) is 1.21. The van der Waals surface area contributed by atoms with E-state index in [2.05, 4.69) is 0 Å². The van der Waals surface area contributed by atoms with Crippen molar-refractivity contribution in [2.75, 3.05) is 14.2 Å². The summed E-state index contributed by atoms with van der Waals surface area (Å²) in [4.78, 5) is 0. The molecule has 0 atom stereocenters. The average Bonchev–Trinajstić information content (AvgIpc) is 2.29. The van der Waals surface area contributed by atoms with Crippen molar-refractivity contribution in [3.05, 3.63) is 29.8 Å². The molecule has 15 heavy (non-hydrogen) atoms. The molecular formula is C12H13NO2. The number of methoxy groups -OCH3 is 2. The smallest absolute Gasteiger partial charge is 0.126 e. The molecule has 1 aromatic rings. The van der Waals surface area contributed by atoms with Gasteiger partial charge in [0.2, 0.25) is 0 Å². The molecule has 0 saturated carbocycles. The normalized spacial score (nSPS) is 9.93. The Kier molecular flexibility index (Phi) is 4.24. The molecule has 0 amide bonds. The molecule has 0 N–H and O–H groups in total. The predicted molar refractivity (Wildman–Crippen MR) is 58.8 cm³/mol. The van der Waals surface area contributed by atoms with Crippen molar-refractivity contribution in [2.45, 2.75) is 6.42 Å². The summed E-state index contributed by atoms with van der Waals surface area (Å²) < 4.78 is 10.3. The molecule has 0 aromatic heterocycles. The molecule has 0 saturated heterocycles. The molecule has 78 valence electrons. The zero-order valence-electron chi connectivity index (χ0n) is 8.86. The Morgan fingerprint density at radius 1 is 1.33 bits per heavy atom.